The van der Waals surface area contributed by atoms with Gasteiger partial charge in [-0.05, 0) is 59.0 Å². The van der Waals surface area contributed by atoms with Gasteiger partial charge in [-0.25, -0.2) is 0 Å². The highest BCUT2D eigenvalue weighted by Crippen LogP contribution is 2.27. The molecule has 0 saturated heterocycles. The van der Waals surface area contributed by atoms with E-state index in [4.69, 9.17) is 27.9 Å². The summed E-state index contributed by atoms with van der Waals surface area (Å²) in [4.78, 5) is 12.5. The SMILES string of the molecule is COc1ccc(C(=O)c2cc(Cl)ccc2I)c(Cl)c1. The van der Waals surface area contributed by atoms with Gasteiger partial charge in [0.2, 0.25) is 0 Å². The molecule has 0 aromatic heterocycles. The molecule has 0 aliphatic rings. The largest absolute Gasteiger partial charge is 0.497 e. The van der Waals surface area contributed by atoms with E-state index in [-0.39, 0.29) is 5.78 Å². The van der Waals surface area contributed by atoms with E-state index in [0.717, 1.165) is 3.57 Å². The van der Waals surface area contributed by atoms with Gasteiger partial charge in [0.1, 0.15) is 5.75 Å². The number of benzene rings is 2. The molecule has 2 nitrogen and oxygen atoms in total. The second-order valence-corrected chi connectivity index (χ2v) is 5.80. The highest BCUT2D eigenvalue weighted by atomic mass is 127. The molecule has 0 saturated carbocycles. The third kappa shape index (κ3) is 3.22. The van der Waals surface area contributed by atoms with Crippen molar-refractivity contribution in [3.63, 3.8) is 0 Å². The lowest BCUT2D eigenvalue weighted by Gasteiger charge is -2.08. The molecule has 0 unspecified atom stereocenters. The van der Waals surface area contributed by atoms with E-state index in [9.17, 15) is 4.79 Å². The van der Waals surface area contributed by atoms with Crippen LogP contribution in [0.4, 0.5) is 0 Å². The van der Waals surface area contributed by atoms with Crippen LogP contribution < -0.4 is 4.74 Å². The van der Waals surface area contributed by atoms with Crippen molar-refractivity contribution in [1.82, 2.24) is 0 Å². The van der Waals surface area contributed by atoms with Crippen LogP contribution in [0.2, 0.25) is 10.0 Å². The minimum atomic E-state index is -0.153. The molecule has 0 amide bonds. The third-order valence-electron chi connectivity index (χ3n) is 2.59. The van der Waals surface area contributed by atoms with Crippen LogP contribution >= 0.6 is 45.8 Å². The topological polar surface area (TPSA) is 26.3 Å². The average Bonchev–Trinajstić information content (AvgIpc) is 2.40. The van der Waals surface area contributed by atoms with Crippen molar-refractivity contribution in [3.05, 3.63) is 61.1 Å². The van der Waals surface area contributed by atoms with Crippen LogP contribution in [-0.4, -0.2) is 12.9 Å². The minimum absolute atomic E-state index is 0.153. The van der Waals surface area contributed by atoms with Crippen LogP contribution in [0.15, 0.2) is 36.4 Å². The number of methoxy groups -OCH3 is 1. The first-order valence-corrected chi connectivity index (χ1v) is 7.19. The molecule has 0 atom stereocenters. The number of hydrogen-bond donors (Lipinski definition) is 0. The third-order valence-corrected chi connectivity index (χ3v) is 4.08. The Kier molecular flexibility index (Phi) is 4.71. The van der Waals surface area contributed by atoms with Gasteiger partial charge in [-0.1, -0.05) is 23.2 Å². The lowest BCUT2D eigenvalue weighted by molar-refractivity contribution is 0.103. The van der Waals surface area contributed by atoms with Crippen LogP contribution in [0.1, 0.15) is 15.9 Å². The van der Waals surface area contributed by atoms with Gasteiger partial charge in [0, 0.05) is 19.7 Å². The van der Waals surface area contributed by atoms with E-state index in [2.05, 4.69) is 22.6 Å². The maximum atomic E-state index is 12.5. The number of rotatable bonds is 3. The van der Waals surface area contributed by atoms with Gasteiger partial charge < -0.3 is 4.74 Å². The summed E-state index contributed by atoms with van der Waals surface area (Å²) in [6.45, 7) is 0. The zero-order valence-electron chi connectivity index (χ0n) is 9.91. The summed E-state index contributed by atoms with van der Waals surface area (Å²) in [6, 6.07) is 10.2. The summed E-state index contributed by atoms with van der Waals surface area (Å²) in [5, 5.41) is 0.883. The average molecular weight is 407 g/mol. The van der Waals surface area contributed by atoms with Gasteiger partial charge in [-0.3, -0.25) is 4.79 Å². The molecule has 0 radical (unpaired) electrons. The number of carbonyl (C=O) groups excluding carboxylic acids is 1. The number of ketones is 1. The second-order valence-electron chi connectivity index (χ2n) is 3.80. The Morgan fingerprint density at radius 3 is 2.47 bits per heavy atom. The van der Waals surface area contributed by atoms with Crippen molar-refractivity contribution in [2.24, 2.45) is 0 Å². The summed E-state index contributed by atoms with van der Waals surface area (Å²) >= 11 is 14.1. The number of carbonyl (C=O) groups is 1. The van der Waals surface area contributed by atoms with Gasteiger partial charge in [0.25, 0.3) is 0 Å². The summed E-state index contributed by atoms with van der Waals surface area (Å²) in [6.07, 6.45) is 0. The minimum Gasteiger partial charge on any atom is -0.497 e. The van der Waals surface area contributed by atoms with Crippen molar-refractivity contribution in [1.29, 1.82) is 0 Å². The maximum absolute atomic E-state index is 12.5. The molecular formula is C14H9Cl2IO2. The predicted molar refractivity (Wildman–Crippen MR) is 85.6 cm³/mol. The van der Waals surface area contributed by atoms with E-state index in [0.29, 0.717) is 26.9 Å². The van der Waals surface area contributed by atoms with E-state index in [1.165, 1.54) is 0 Å². The van der Waals surface area contributed by atoms with Crippen molar-refractivity contribution < 1.29 is 9.53 Å². The molecular weight excluding hydrogens is 398 g/mol. The van der Waals surface area contributed by atoms with Gasteiger partial charge in [0.05, 0.1) is 12.1 Å². The predicted octanol–water partition coefficient (Wildman–Crippen LogP) is 4.84. The van der Waals surface area contributed by atoms with Crippen molar-refractivity contribution >= 4 is 51.6 Å². The Labute approximate surface area is 134 Å². The van der Waals surface area contributed by atoms with Crippen molar-refractivity contribution in [2.45, 2.75) is 0 Å². The molecule has 5 heteroatoms. The smallest absolute Gasteiger partial charge is 0.195 e. The Hall–Kier alpha value is -0.780. The first-order valence-electron chi connectivity index (χ1n) is 5.36. The zero-order chi connectivity index (χ0) is 14.0. The fourth-order valence-corrected chi connectivity index (χ4v) is 2.63. The summed E-state index contributed by atoms with van der Waals surface area (Å²) in [7, 11) is 1.55. The highest BCUT2D eigenvalue weighted by molar-refractivity contribution is 14.1. The van der Waals surface area contributed by atoms with Crippen molar-refractivity contribution in [3.8, 4) is 5.75 Å². The molecule has 98 valence electrons. The molecule has 0 heterocycles. The molecule has 2 aromatic rings. The molecule has 2 aromatic carbocycles. The summed E-state index contributed by atoms with van der Waals surface area (Å²) in [5.41, 5.74) is 0.975. The van der Waals surface area contributed by atoms with E-state index >= 15 is 0 Å². The van der Waals surface area contributed by atoms with Crippen LogP contribution in [0.25, 0.3) is 0 Å². The number of ether oxygens (including phenoxy) is 1. The lowest BCUT2D eigenvalue weighted by atomic mass is 10.0. The first-order chi connectivity index (χ1) is 9.02. The Balaban J connectivity index is 2.47. The summed E-state index contributed by atoms with van der Waals surface area (Å²) in [5.74, 6) is 0.460. The standard InChI is InChI=1S/C14H9Cl2IO2/c1-19-9-3-4-10(12(16)7-9)14(18)11-6-8(15)2-5-13(11)17/h2-7H,1H3. The van der Waals surface area contributed by atoms with Gasteiger partial charge in [-0.15, -0.1) is 0 Å². The van der Waals surface area contributed by atoms with E-state index in [1.54, 1.807) is 43.5 Å². The zero-order valence-corrected chi connectivity index (χ0v) is 13.6. The monoisotopic (exact) mass is 406 g/mol. The van der Waals surface area contributed by atoms with Crippen LogP contribution in [-0.2, 0) is 0 Å². The molecule has 0 N–H and O–H groups in total. The Morgan fingerprint density at radius 2 is 1.84 bits per heavy atom. The number of hydrogen-bond acceptors (Lipinski definition) is 2. The quantitative estimate of drug-likeness (QED) is 0.538. The maximum Gasteiger partial charge on any atom is 0.195 e. The van der Waals surface area contributed by atoms with Crippen LogP contribution in [0, 0.1) is 3.57 Å². The van der Waals surface area contributed by atoms with E-state index in [1.807, 2.05) is 0 Å². The highest BCUT2D eigenvalue weighted by Gasteiger charge is 2.16. The second kappa shape index (κ2) is 6.11. The van der Waals surface area contributed by atoms with Crippen LogP contribution in [0.3, 0.4) is 0 Å². The molecule has 0 bridgehead atoms. The number of halogens is 3. The van der Waals surface area contributed by atoms with Gasteiger partial charge >= 0.3 is 0 Å². The van der Waals surface area contributed by atoms with Crippen molar-refractivity contribution in [2.75, 3.05) is 7.11 Å². The fraction of sp³-hybridized carbons (Fsp3) is 0.0714. The molecule has 0 spiro atoms. The molecule has 0 fully saturated rings. The Morgan fingerprint density at radius 1 is 1.11 bits per heavy atom. The van der Waals surface area contributed by atoms with Gasteiger partial charge in [0.15, 0.2) is 5.78 Å². The lowest BCUT2D eigenvalue weighted by Crippen LogP contribution is -2.04. The van der Waals surface area contributed by atoms with E-state index < -0.39 is 0 Å². The Bertz CT molecular complexity index is 641. The fourth-order valence-electron chi connectivity index (χ4n) is 1.62. The first kappa shape index (κ1) is 14.6. The summed E-state index contributed by atoms with van der Waals surface area (Å²) < 4.78 is 5.89. The molecule has 0 aliphatic carbocycles. The molecule has 19 heavy (non-hydrogen) atoms. The molecule has 0 aliphatic heterocycles. The van der Waals surface area contributed by atoms with Crippen LogP contribution in [0.5, 0.6) is 5.75 Å². The normalized spacial score (nSPS) is 10.3. The van der Waals surface area contributed by atoms with Gasteiger partial charge in [-0.2, -0.15) is 0 Å². The molecule has 2 rings (SSSR count).